The van der Waals surface area contributed by atoms with Crippen LogP contribution in [0, 0.1) is 13.8 Å². The number of anilines is 1. The zero-order valence-electron chi connectivity index (χ0n) is 11.8. The van der Waals surface area contributed by atoms with Gasteiger partial charge in [0.25, 0.3) is 0 Å². The largest absolute Gasteiger partial charge is 0.323 e. The summed E-state index contributed by atoms with van der Waals surface area (Å²) in [7, 11) is 0. The Morgan fingerprint density at radius 3 is 2.90 bits per heavy atom. The van der Waals surface area contributed by atoms with Crippen molar-refractivity contribution >= 4 is 11.6 Å². The highest BCUT2D eigenvalue weighted by Crippen LogP contribution is 2.16. The Morgan fingerprint density at radius 2 is 2.30 bits per heavy atom. The molecule has 0 saturated heterocycles. The molecule has 0 aliphatic carbocycles. The van der Waals surface area contributed by atoms with E-state index in [1.807, 2.05) is 20.8 Å². The topological polar surface area (TPSA) is 115 Å². The highest BCUT2D eigenvalue weighted by atomic mass is 16.2. The zero-order chi connectivity index (χ0) is 14.7. The number of H-pyrrole nitrogens is 1. The fraction of sp³-hybridized carbons (Fsp3) is 0.500. The molecule has 0 radical (unpaired) electrons. The molecular weight excluding hydrogens is 258 g/mol. The van der Waals surface area contributed by atoms with E-state index < -0.39 is 0 Å². The molecule has 8 nitrogen and oxygen atoms in total. The molecule has 0 aliphatic rings. The van der Waals surface area contributed by atoms with Crippen LogP contribution in [0.15, 0.2) is 6.20 Å². The smallest absolute Gasteiger partial charge is 0.246 e. The maximum Gasteiger partial charge on any atom is 0.246 e. The van der Waals surface area contributed by atoms with E-state index in [2.05, 4.69) is 25.8 Å². The lowest BCUT2D eigenvalue weighted by molar-refractivity contribution is -0.116. The van der Waals surface area contributed by atoms with E-state index >= 15 is 0 Å². The molecule has 4 N–H and O–H groups in total. The number of carbonyl (C=O) groups is 1. The van der Waals surface area contributed by atoms with Crippen molar-refractivity contribution in [1.29, 1.82) is 0 Å². The van der Waals surface area contributed by atoms with Gasteiger partial charge in [-0.25, -0.2) is 4.68 Å². The van der Waals surface area contributed by atoms with Gasteiger partial charge < -0.3 is 11.1 Å². The summed E-state index contributed by atoms with van der Waals surface area (Å²) in [5.74, 6) is -0.181. The highest BCUT2D eigenvalue weighted by molar-refractivity contribution is 5.91. The second-order valence-corrected chi connectivity index (χ2v) is 4.71. The summed E-state index contributed by atoms with van der Waals surface area (Å²) in [6.07, 6.45) is 2.47. The Hall–Kier alpha value is -2.22. The molecule has 20 heavy (non-hydrogen) atoms. The molecule has 2 heterocycles. The van der Waals surface area contributed by atoms with Gasteiger partial charge in [-0.3, -0.25) is 9.89 Å². The number of hydrogen-bond donors (Lipinski definition) is 3. The number of nitrogens with one attached hydrogen (secondary N) is 2. The summed E-state index contributed by atoms with van der Waals surface area (Å²) in [5, 5.41) is 17.5. The average Bonchev–Trinajstić information content (AvgIpc) is 3.00. The van der Waals surface area contributed by atoms with Gasteiger partial charge in [0.2, 0.25) is 5.91 Å². The Bertz CT molecular complexity index is 581. The first kappa shape index (κ1) is 14.2. The van der Waals surface area contributed by atoms with Crippen LogP contribution in [-0.4, -0.2) is 31.1 Å². The maximum atomic E-state index is 12.0. The molecule has 2 rings (SSSR count). The molecule has 0 fully saturated rings. The lowest BCUT2D eigenvalue weighted by Crippen LogP contribution is -2.19. The maximum absolute atomic E-state index is 12.0. The molecule has 1 unspecified atom stereocenters. The summed E-state index contributed by atoms with van der Waals surface area (Å²) in [6, 6.07) is -0.148. The number of aromatic amines is 1. The van der Waals surface area contributed by atoms with Crippen molar-refractivity contribution in [3.8, 4) is 0 Å². The first-order valence-corrected chi connectivity index (χ1v) is 6.48. The molecular formula is C12H19N7O. The van der Waals surface area contributed by atoms with Gasteiger partial charge >= 0.3 is 0 Å². The van der Waals surface area contributed by atoms with Crippen LogP contribution in [0.1, 0.15) is 36.5 Å². The number of aromatic nitrogens is 5. The van der Waals surface area contributed by atoms with E-state index in [4.69, 9.17) is 5.73 Å². The highest BCUT2D eigenvalue weighted by Gasteiger charge is 2.13. The fourth-order valence-corrected chi connectivity index (χ4v) is 1.83. The Labute approximate surface area is 116 Å². The Balaban J connectivity index is 2.00. The SMILES string of the molecule is CCC(N)c1cn(CC(=O)Nc2c(C)n[nH]c2C)nn1. The molecule has 8 heteroatoms. The molecule has 2 aromatic heterocycles. The number of carbonyl (C=O) groups excluding carboxylic acids is 1. The van der Waals surface area contributed by atoms with E-state index in [0.717, 1.165) is 17.8 Å². The summed E-state index contributed by atoms with van der Waals surface area (Å²) in [5.41, 5.74) is 8.83. The minimum absolute atomic E-state index is 0.0908. The monoisotopic (exact) mass is 277 g/mol. The third-order valence-electron chi connectivity index (χ3n) is 3.07. The minimum atomic E-state index is -0.181. The van der Waals surface area contributed by atoms with Crippen molar-refractivity contribution in [1.82, 2.24) is 25.2 Å². The van der Waals surface area contributed by atoms with Crippen molar-refractivity contribution in [2.24, 2.45) is 5.73 Å². The first-order chi connectivity index (χ1) is 9.51. The molecule has 108 valence electrons. The molecule has 0 spiro atoms. The van der Waals surface area contributed by atoms with Gasteiger partial charge in [0.1, 0.15) is 6.54 Å². The van der Waals surface area contributed by atoms with Gasteiger partial charge in [0.15, 0.2) is 0 Å². The molecule has 1 amide bonds. The third-order valence-corrected chi connectivity index (χ3v) is 3.07. The lowest BCUT2D eigenvalue weighted by Gasteiger charge is -2.05. The zero-order valence-corrected chi connectivity index (χ0v) is 11.8. The first-order valence-electron chi connectivity index (χ1n) is 6.48. The van der Waals surface area contributed by atoms with Gasteiger partial charge in [0.05, 0.1) is 35.0 Å². The normalized spacial score (nSPS) is 12.4. The van der Waals surface area contributed by atoms with E-state index in [9.17, 15) is 4.79 Å². The van der Waals surface area contributed by atoms with Crippen molar-refractivity contribution in [2.75, 3.05) is 5.32 Å². The molecule has 2 aromatic rings. The van der Waals surface area contributed by atoms with E-state index in [1.54, 1.807) is 6.20 Å². The van der Waals surface area contributed by atoms with Gasteiger partial charge in [-0.1, -0.05) is 12.1 Å². The van der Waals surface area contributed by atoms with Crippen LogP contribution in [-0.2, 0) is 11.3 Å². The molecule has 0 aromatic carbocycles. The van der Waals surface area contributed by atoms with Gasteiger partial charge in [-0.05, 0) is 20.3 Å². The van der Waals surface area contributed by atoms with E-state index in [-0.39, 0.29) is 18.5 Å². The van der Waals surface area contributed by atoms with Crippen LogP contribution in [0.2, 0.25) is 0 Å². The Kier molecular flexibility index (Phi) is 4.14. The molecule has 0 saturated carbocycles. The summed E-state index contributed by atoms with van der Waals surface area (Å²) < 4.78 is 1.48. The quantitative estimate of drug-likeness (QED) is 0.743. The van der Waals surface area contributed by atoms with Crippen LogP contribution in [0.25, 0.3) is 0 Å². The second-order valence-electron chi connectivity index (χ2n) is 4.71. The molecule has 1 atom stereocenters. The fourth-order valence-electron chi connectivity index (χ4n) is 1.83. The third kappa shape index (κ3) is 3.02. The minimum Gasteiger partial charge on any atom is -0.323 e. The van der Waals surface area contributed by atoms with E-state index in [0.29, 0.717) is 11.4 Å². The van der Waals surface area contributed by atoms with Crippen LogP contribution >= 0.6 is 0 Å². The predicted molar refractivity (Wildman–Crippen MR) is 73.9 cm³/mol. The predicted octanol–water partition coefficient (Wildman–Crippen LogP) is 0.667. The molecule has 0 aliphatic heterocycles. The summed E-state index contributed by atoms with van der Waals surface area (Å²) >= 11 is 0. The number of rotatable bonds is 5. The van der Waals surface area contributed by atoms with Crippen LogP contribution < -0.4 is 11.1 Å². The van der Waals surface area contributed by atoms with Crippen LogP contribution in [0.5, 0.6) is 0 Å². The van der Waals surface area contributed by atoms with Gasteiger partial charge in [-0.2, -0.15) is 5.10 Å². The van der Waals surface area contributed by atoms with Crippen LogP contribution in [0.3, 0.4) is 0 Å². The second kappa shape index (κ2) is 5.83. The van der Waals surface area contributed by atoms with E-state index in [1.165, 1.54) is 4.68 Å². The van der Waals surface area contributed by atoms with Crippen molar-refractivity contribution < 1.29 is 4.79 Å². The Morgan fingerprint density at radius 1 is 1.55 bits per heavy atom. The van der Waals surface area contributed by atoms with Crippen molar-refractivity contribution in [3.63, 3.8) is 0 Å². The summed E-state index contributed by atoms with van der Waals surface area (Å²) in [6.45, 7) is 5.74. The number of aryl methyl sites for hydroxylation is 2. The number of nitrogens with zero attached hydrogens (tertiary/aromatic N) is 4. The summed E-state index contributed by atoms with van der Waals surface area (Å²) in [4.78, 5) is 12.0. The molecule has 0 bridgehead atoms. The average molecular weight is 277 g/mol. The van der Waals surface area contributed by atoms with Crippen molar-refractivity contribution in [3.05, 3.63) is 23.3 Å². The van der Waals surface area contributed by atoms with Gasteiger partial charge in [0, 0.05) is 0 Å². The van der Waals surface area contributed by atoms with Crippen molar-refractivity contribution in [2.45, 2.75) is 39.8 Å². The number of amides is 1. The lowest BCUT2D eigenvalue weighted by atomic mass is 10.2. The number of nitrogens with two attached hydrogens (primary N) is 1. The van der Waals surface area contributed by atoms with Crippen LogP contribution in [0.4, 0.5) is 5.69 Å². The van der Waals surface area contributed by atoms with Gasteiger partial charge in [-0.15, -0.1) is 5.10 Å². The number of hydrogen-bond acceptors (Lipinski definition) is 5. The standard InChI is InChI=1S/C12H19N7O/c1-4-9(13)10-5-19(18-17-10)6-11(20)14-12-7(2)15-16-8(12)3/h5,9H,4,6,13H2,1-3H3,(H,14,20)(H,15,16).